The molecule has 6 nitrogen and oxygen atoms in total. The van der Waals surface area contributed by atoms with Gasteiger partial charge in [0, 0.05) is 6.54 Å². The number of carbonyl (C=O) groups is 1. The first-order chi connectivity index (χ1) is 11.7. The summed E-state index contributed by atoms with van der Waals surface area (Å²) in [5.41, 5.74) is 2.29. The molecule has 0 bridgehead atoms. The summed E-state index contributed by atoms with van der Waals surface area (Å²) in [6, 6.07) is 16.4. The maximum absolute atomic E-state index is 12.1. The number of fused-ring (bicyclic) bond motifs is 1. The van der Waals surface area contributed by atoms with Gasteiger partial charge in [0.25, 0.3) is 5.91 Å². The molecule has 0 radical (unpaired) electrons. The molecular formula is C18H16N4O2. The van der Waals surface area contributed by atoms with Crippen molar-refractivity contribution >= 4 is 22.9 Å². The van der Waals surface area contributed by atoms with E-state index in [9.17, 15) is 4.79 Å². The van der Waals surface area contributed by atoms with Crippen LogP contribution in [0.25, 0.3) is 11.0 Å². The molecule has 0 fully saturated rings. The minimum atomic E-state index is -0.303. The molecule has 0 unspecified atom stereocenters. The van der Waals surface area contributed by atoms with Gasteiger partial charge in [-0.05, 0) is 37.3 Å². The maximum atomic E-state index is 12.1. The summed E-state index contributed by atoms with van der Waals surface area (Å²) < 4.78 is 7.36. The van der Waals surface area contributed by atoms with E-state index >= 15 is 0 Å². The number of aryl methyl sites for hydroxylation is 1. The quantitative estimate of drug-likeness (QED) is 0.784. The number of ether oxygens (including phenoxy) is 1. The number of rotatable bonds is 5. The molecular weight excluding hydrogens is 304 g/mol. The van der Waals surface area contributed by atoms with Gasteiger partial charge in [0.1, 0.15) is 5.75 Å². The van der Waals surface area contributed by atoms with E-state index in [-0.39, 0.29) is 12.5 Å². The summed E-state index contributed by atoms with van der Waals surface area (Å²) >= 11 is 0. The van der Waals surface area contributed by atoms with Crippen molar-refractivity contribution in [1.29, 1.82) is 5.26 Å². The van der Waals surface area contributed by atoms with Crippen LogP contribution in [0.4, 0.5) is 5.95 Å². The number of hydrogen-bond donors (Lipinski definition) is 1. The van der Waals surface area contributed by atoms with Crippen LogP contribution in [0.3, 0.4) is 0 Å². The van der Waals surface area contributed by atoms with E-state index in [2.05, 4.69) is 10.3 Å². The van der Waals surface area contributed by atoms with Gasteiger partial charge in [0.15, 0.2) is 6.61 Å². The molecule has 1 amide bonds. The Hall–Kier alpha value is -3.33. The van der Waals surface area contributed by atoms with E-state index in [1.807, 2.05) is 41.8 Å². The van der Waals surface area contributed by atoms with Gasteiger partial charge < -0.3 is 9.30 Å². The Labute approximate surface area is 139 Å². The molecule has 2 aromatic carbocycles. The SMILES string of the molecule is CCn1c(NC(=O)COc2cccc(C#N)c2)nc2ccccc21. The van der Waals surface area contributed by atoms with Gasteiger partial charge in [-0.15, -0.1) is 0 Å². The van der Waals surface area contributed by atoms with E-state index in [1.165, 1.54) is 0 Å². The van der Waals surface area contributed by atoms with Crippen molar-refractivity contribution < 1.29 is 9.53 Å². The highest BCUT2D eigenvalue weighted by molar-refractivity contribution is 5.92. The number of benzene rings is 2. The zero-order chi connectivity index (χ0) is 16.9. The minimum Gasteiger partial charge on any atom is -0.484 e. The van der Waals surface area contributed by atoms with E-state index < -0.39 is 0 Å². The van der Waals surface area contributed by atoms with Crippen LogP contribution in [-0.2, 0) is 11.3 Å². The monoisotopic (exact) mass is 320 g/mol. The van der Waals surface area contributed by atoms with Crippen LogP contribution in [0, 0.1) is 11.3 Å². The first-order valence-corrected chi connectivity index (χ1v) is 7.59. The number of nitrogens with zero attached hydrogens (tertiary/aromatic N) is 3. The van der Waals surface area contributed by atoms with Crippen molar-refractivity contribution in [2.45, 2.75) is 13.5 Å². The molecule has 1 heterocycles. The highest BCUT2D eigenvalue weighted by Crippen LogP contribution is 2.19. The molecule has 1 aromatic heterocycles. The Bertz CT molecular complexity index is 924. The van der Waals surface area contributed by atoms with Crippen molar-refractivity contribution in [3.63, 3.8) is 0 Å². The zero-order valence-corrected chi connectivity index (χ0v) is 13.2. The molecule has 0 aliphatic heterocycles. The molecule has 3 rings (SSSR count). The number of aromatic nitrogens is 2. The second-order valence-electron chi connectivity index (χ2n) is 5.14. The third-order valence-electron chi connectivity index (χ3n) is 3.56. The molecule has 0 spiro atoms. The van der Waals surface area contributed by atoms with Crippen LogP contribution in [0.5, 0.6) is 5.75 Å². The van der Waals surface area contributed by atoms with E-state index in [0.717, 1.165) is 11.0 Å². The second-order valence-corrected chi connectivity index (χ2v) is 5.14. The Morgan fingerprint density at radius 3 is 2.92 bits per heavy atom. The largest absolute Gasteiger partial charge is 0.484 e. The van der Waals surface area contributed by atoms with Crippen LogP contribution in [0.15, 0.2) is 48.5 Å². The number of nitrogens with one attached hydrogen (secondary N) is 1. The first-order valence-electron chi connectivity index (χ1n) is 7.59. The predicted octanol–water partition coefficient (Wildman–Crippen LogP) is 2.95. The topological polar surface area (TPSA) is 79.9 Å². The Morgan fingerprint density at radius 2 is 2.12 bits per heavy atom. The van der Waals surface area contributed by atoms with Crippen molar-refractivity contribution in [2.75, 3.05) is 11.9 Å². The van der Waals surface area contributed by atoms with Gasteiger partial charge in [-0.2, -0.15) is 5.26 Å². The fourth-order valence-electron chi connectivity index (χ4n) is 2.46. The van der Waals surface area contributed by atoms with Crippen LogP contribution in [0.1, 0.15) is 12.5 Å². The smallest absolute Gasteiger partial charge is 0.264 e. The predicted molar refractivity (Wildman–Crippen MR) is 90.7 cm³/mol. The molecule has 0 aliphatic carbocycles. The van der Waals surface area contributed by atoms with Gasteiger partial charge in [0.2, 0.25) is 5.95 Å². The van der Waals surface area contributed by atoms with Crippen LogP contribution in [-0.4, -0.2) is 22.1 Å². The summed E-state index contributed by atoms with van der Waals surface area (Å²) in [5.74, 6) is 0.675. The number of carbonyl (C=O) groups excluding carboxylic acids is 1. The normalized spacial score (nSPS) is 10.3. The lowest BCUT2D eigenvalue weighted by Gasteiger charge is -2.09. The summed E-state index contributed by atoms with van der Waals surface area (Å²) in [6.07, 6.45) is 0. The average molecular weight is 320 g/mol. The molecule has 24 heavy (non-hydrogen) atoms. The van der Waals surface area contributed by atoms with Crippen molar-refractivity contribution in [2.24, 2.45) is 0 Å². The second kappa shape index (κ2) is 6.84. The molecule has 120 valence electrons. The molecule has 0 saturated heterocycles. The summed E-state index contributed by atoms with van der Waals surface area (Å²) in [7, 11) is 0. The lowest BCUT2D eigenvalue weighted by Crippen LogP contribution is -2.22. The van der Waals surface area contributed by atoms with E-state index in [1.54, 1.807) is 24.3 Å². The highest BCUT2D eigenvalue weighted by atomic mass is 16.5. The van der Waals surface area contributed by atoms with Crippen LogP contribution < -0.4 is 10.1 Å². The Kier molecular flexibility index (Phi) is 4.43. The minimum absolute atomic E-state index is 0.151. The molecule has 1 N–H and O–H groups in total. The van der Waals surface area contributed by atoms with Gasteiger partial charge in [-0.25, -0.2) is 4.98 Å². The van der Waals surface area contributed by atoms with Crippen molar-refractivity contribution in [3.05, 3.63) is 54.1 Å². The number of para-hydroxylation sites is 2. The number of nitriles is 1. The molecule has 0 saturated carbocycles. The van der Waals surface area contributed by atoms with Gasteiger partial charge in [-0.1, -0.05) is 18.2 Å². The summed E-state index contributed by atoms with van der Waals surface area (Å²) in [6.45, 7) is 2.54. The molecule has 6 heteroatoms. The van der Waals surface area contributed by atoms with Crippen molar-refractivity contribution in [1.82, 2.24) is 9.55 Å². The zero-order valence-electron chi connectivity index (χ0n) is 13.2. The summed E-state index contributed by atoms with van der Waals surface area (Å²) in [5, 5.41) is 11.6. The van der Waals surface area contributed by atoms with Gasteiger partial charge >= 0.3 is 0 Å². The fraction of sp³-hybridized carbons (Fsp3) is 0.167. The van der Waals surface area contributed by atoms with Gasteiger partial charge in [0.05, 0.1) is 22.7 Å². The first kappa shape index (κ1) is 15.6. The lowest BCUT2D eigenvalue weighted by atomic mass is 10.2. The van der Waals surface area contributed by atoms with E-state index in [0.29, 0.717) is 23.8 Å². The third-order valence-corrected chi connectivity index (χ3v) is 3.56. The molecule has 0 atom stereocenters. The third kappa shape index (κ3) is 3.20. The Morgan fingerprint density at radius 1 is 1.29 bits per heavy atom. The van der Waals surface area contributed by atoms with Crippen molar-refractivity contribution in [3.8, 4) is 11.8 Å². The number of hydrogen-bond acceptors (Lipinski definition) is 4. The number of imidazole rings is 1. The van der Waals surface area contributed by atoms with Crippen LogP contribution >= 0.6 is 0 Å². The number of amides is 1. The Balaban J connectivity index is 1.70. The fourth-order valence-corrected chi connectivity index (χ4v) is 2.46. The molecule has 3 aromatic rings. The van der Waals surface area contributed by atoms with Crippen LogP contribution in [0.2, 0.25) is 0 Å². The average Bonchev–Trinajstić information content (AvgIpc) is 2.97. The maximum Gasteiger partial charge on any atom is 0.264 e. The van der Waals surface area contributed by atoms with E-state index in [4.69, 9.17) is 10.00 Å². The van der Waals surface area contributed by atoms with Gasteiger partial charge in [-0.3, -0.25) is 10.1 Å². The standard InChI is InChI=1S/C18H16N4O2/c1-2-22-16-9-4-3-8-15(16)20-18(22)21-17(23)12-24-14-7-5-6-13(10-14)11-19/h3-10H,2,12H2,1H3,(H,20,21,23). The number of anilines is 1. The summed E-state index contributed by atoms with van der Waals surface area (Å²) in [4.78, 5) is 16.6. The highest BCUT2D eigenvalue weighted by Gasteiger charge is 2.12. The molecule has 0 aliphatic rings. The lowest BCUT2D eigenvalue weighted by molar-refractivity contribution is -0.118.